The van der Waals surface area contributed by atoms with Gasteiger partial charge >= 0.3 is 0 Å². The van der Waals surface area contributed by atoms with E-state index in [1.807, 2.05) is 0 Å². The second-order valence-corrected chi connectivity index (χ2v) is 3.78. The number of rotatable bonds is 8. The normalized spacial score (nSPS) is 19.0. The zero-order chi connectivity index (χ0) is 12.6. The highest BCUT2D eigenvalue weighted by Crippen LogP contribution is 2.10. The standard InChI is InChI=1S/C12H20O4/c1-9(7-13)11(15-3)5-6-12(16-4)10(2)8-14/h5-12H,1-4H3/b6-5+. The third-order valence-electron chi connectivity index (χ3n) is 2.50. The van der Waals surface area contributed by atoms with Gasteiger partial charge in [-0.25, -0.2) is 0 Å². The van der Waals surface area contributed by atoms with Gasteiger partial charge in [0.2, 0.25) is 0 Å². The quantitative estimate of drug-likeness (QED) is 0.463. The Balaban J connectivity index is 4.51. The Hall–Kier alpha value is -1.00. The summed E-state index contributed by atoms with van der Waals surface area (Å²) in [5.41, 5.74) is 0. The van der Waals surface area contributed by atoms with E-state index in [-0.39, 0.29) is 24.0 Å². The van der Waals surface area contributed by atoms with Crippen molar-refractivity contribution in [3.05, 3.63) is 12.2 Å². The first-order chi connectivity index (χ1) is 7.60. The molecule has 0 saturated heterocycles. The molecule has 0 aliphatic rings. The van der Waals surface area contributed by atoms with Gasteiger partial charge in [0.25, 0.3) is 0 Å². The second kappa shape index (κ2) is 8.19. The molecule has 92 valence electrons. The molecule has 0 aromatic rings. The van der Waals surface area contributed by atoms with Crippen LogP contribution in [0.4, 0.5) is 0 Å². The minimum absolute atomic E-state index is 0.217. The van der Waals surface area contributed by atoms with Gasteiger partial charge < -0.3 is 19.1 Å². The predicted molar refractivity (Wildman–Crippen MR) is 61.2 cm³/mol. The van der Waals surface area contributed by atoms with Crippen LogP contribution in [0.1, 0.15) is 13.8 Å². The molecule has 0 rings (SSSR count). The Morgan fingerprint density at radius 2 is 1.12 bits per heavy atom. The molecule has 0 saturated carbocycles. The van der Waals surface area contributed by atoms with E-state index in [0.717, 1.165) is 12.6 Å². The number of methoxy groups -OCH3 is 2. The molecule has 16 heavy (non-hydrogen) atoms. The highest BCUT2D eigenvalue weighted by Gasteiger charge is 2.16. The molecule has 4 unspecified atom stereocenters. The van der Waals surface area contributed by atoms with Gasteiger partial charge in [0, 0.05) is 26.1 Å². The molecule has 0 fully saturated rings. The van der Waals surface area contributed by atoms with Gasteiger partial charge in [-0.3, -0.25) is 0 Å². The number of aldehydes is 2. The lowest BCUT2D eigenvalue weighted by Gasteiger charge is -2.17. The molecule has 0 aliphatic heterocycles. The fourth-order valence-electron chi connectivity index (χ4n) is 1.31. The average Bonchev–Trinajstić information content (AvgIpc) is 2.33. The predicted octanol–water partition coefficient (Wildman–Crippen LogP) is 1.24. The summed E-state index contributed by atoms with van der Waals surface area (Å²) in [7, 11) is 3.08. The number of hydrogen-bond donors (Lipinski definition) is 0. The lowest BCUT2D eigenvalue weighted by Crippen LogP contribution is -2.22. The Labute approximate surface area is 96.6 Å². The van der Waals surface area contributed by atoms with Crippen LogP contribution in [0.2, 0.25) is 0 Å². The molecule has 0 radical (unpaired) electrons. The van der Waals surface area contributed by atoms with Crippen LogP contribution in [0.25, 0.3) is 0 Å². The van der Waals surface area contributed by atoms with Crippen LogP contribution in [0, 0.1) is 11.8 Å². The van der Waals surface area contributed by atoms with Crippen LogP contribution < -0.4 is 0 Å². The molecule has 4 atom stereocenters. The molecule has 4 nitrogen and oxygen atoms in total. The Morgan fingerprint density at radius 1 is 0.812 bits per heavy atom. The molecule has 0 spiro atoms. The first-order valence-electron chi connectivity index (χ1n) is 5.25. The molecule has 4 heteroatoms. The van der Waals surface area contributed by atoms with Gasteiger partial charge in [-0.2, -0.15) is 0 Å². The fourth-order valence-corrected chi connectivity index (χ4v) is 1.31. The maximum Gasteiger partial charge on any atom is 0.125 e. The Morgan fingerprint density at radius 3 is 1.31 bits per heavy atom. The summed E-state index contributed by atoms with van der Waals surface area (Å²) in [6.45, 7) is 3.55. The summed E-state index contributed by atoms with van der Waals surface area (Å²) >= 11 is 0. The smallest absolute Gasteiger partial charge is 0.125 e. The summed E-state index contributed by atoms with van der Waals surface area (Å²) in [5, 5.41) is 0. The van der Waals surface area contributed by atoms with E-state index in [1.165, 1.54) is 0 Å². The van der Waals surface area contributed by atoms with Crippen molar-refractivity contribution in [2.45, 2.75) is 26.1 Å². The lowest BCUT2D eigenvalue weighted by atomic mass is 10.0. The maximum atomic E-state index is 10.6. The van der Waals surface area contributed by atoms with Gasteiger partial charge in [0.15, 0.2) is 0 Å². The fraction of sp³-hybridized carbons (Fsp3) is 0.667. The zero-order valence-electron chi connectivity index (χ0n) is 10.3. The summed E-state index contributed by atoms with van der Waals surface area (Å²) in [6, 6.07) is 0. The molecule has 0 aliphatic carbocycles. The van der Waals surface area contributed by atoms with Crippen molar-refractivity contribution in [3.63, 3.8) is 0 Å². The van der Waals surface area contributed by atoms with Crippen LogP contribution >= 0.6 is 0 Å². The van der Waals surface area contributed by atoms with Crippen molar-refractivity contribution in [1.29, 1.82) is 0 Å². The maximum absolute atomic E-state index is 10.6. The van der Waals surface area contributed by atoms with Gasteiger partial charge in [-0.1, -0.05) is 26.0 Å². The molecule has 0 aromatic carbocycles. The largest absolute Gasteiger partial charge is 0.377 e. The third-order valence-corrected chi connectivity index (χ3v) is 2.50. The number of carbonyl (C=O) groups excluding carboxylic acids is 2. The van der Waals surface area contributed by atoms with Crippen molar-refractivity contribution < 1.29 is 19.1 Å². The number of ether oxygens (including phenoxy) is 2. The van der Waals surface area contributed by atoms with E-state index in [1.54, 1.807) is 40.2 Å². The van der Waals surface area contributed by atoms with Crippen molar-refractivity contribution in [2.24, 2.45) is 11.8 Å². The van der Waals surface area contributed by atoms with E-state index in [0.29, 0.717) is 0 Å². The van der Waals surface area contributed by atoms with Crippen LogP contribution in [-0.4, -0.2) is 39.0 Å². The summed E-state index contributed by atoms with van der Waals surface area (Å²) in [5.74, 6) is -0.435. The molecular weight excluding hydrogens is 208 g/mol. The molecule has 0 bridgehead atoms. The van der Waals surface area contributed by atoms with Crippen molar-refractivity contribution in [3.8, 4) is 0 Å². The van der Waals surface area contributed by atoms with Crippen LogP contribution in [-0.2, 0) is 19.1 Å². The Kier molecular flexibility index (Phi) is 7.68. The van der Waals surface area contributed by atoms with Crippen LogP contribution in [0.15, 0.2) is 12.2 Å². The topological polar surface area (TPSA) is 52.6 Å². The first kappa shape index (κ1) is 15.0. The van der Waals surface area contributed by atoms with E-state index in [9.17, 15) is 9.59 Å². The molecule has 0 N–H and O–H groups in total. The van der Waals surface area contributed by atoms with Gasteiger partial charge in [-0.05, 0) is 0 Å². The third kappa shape index (κ3) is 4.68. The first-order valence-corrected chi connectivity index (χ1v) is 5.25. The highest BCUT2D eigenvalue weighted by atomic mass is 16.5. The van der Waals surface area contributed by atoms with E-state index in [2.05, 4.69) is 0 Å². The summed E-state index contributed by atoms with van der Waals surface area (Å²) < 4.78 is 10.3. The average molecular weight is 228 g/mol. The van der Waals surface area contributed by atoms with Gasteiger partial charge in [0.1, 0.15) is 12.6 Å². The monoisotopic (exact) mass is 228 g/mol. The second-order valence-electron chi connectivity index (χ2n) is 3.78. The van der Waals surface area contributed by atoms with Crippen molar-refractivity contribution in [1.82, 2.24) is 0 Å². The van der Waals surface area contributed by atoms with Crippen molar-refractivity contribution in [2.75, 3.05) is 14.2 Å². The lowest BCUT2D eigenvalue weighted by molar-refractivity contribution is -0.114. The van der Waals surface area contributed by atoms with E-state index < -0.39 is 0 Å². The minimum Gasteiger partial charge on any atom is -0.377 e. The van der Waals surface area contributed by atoms with Crippen molar-refractivity contribution >= 4 is 12.6 Å². The molecule has 0 amide bonds. The molecule has 0 heterocycles. The highest BCUT2D eigenvalue weighted by molar-refractivity contribution is 5.55. The van der Waals surface area contributed by atoms with Crippen LogP contribution in [0.3, 0.4) is 0 Å². The number of hydrogen-bond acceptors (Lipinski definition) is 4. The Bertz CT molecular complexity index is 213. The minimum atomic E-state index is -0.283. The van der Waals surface area contributed by atoms with Crippen LogP contribution in [0.5, 0.6) is 0 Å². The molecular formula is C12H20O4. The molecule has 0 aromatic heterocycles. The van der Waals surface area contributed by atoms with Gasteiger partial charge in [-0.15, -0.1) is 0 Å². The summed E-state index contributed by atoms with van der Waals surface area (Å²) in [4.78, 5) is 21.2. The number of carbonyl (C=O) groups is 2. The van der Waals surface area contributed by atoms with E-state index in [4.69, 9.17) is 9.47 Å². The van der Waals surface area contributed by atoms with Gasteiger partial charge in [0.05, 0.1) is 12.2 Å². The van der Waals surface area contributed by atoms with E-state index >= 15 is 0 Å². The SMILES string of the molecule is COC(/C=C/C(OC)C(C)C=O)C(C)C=O. The summed E-state index contributed by atoms with van der Waals surface area (Å²) in [6.07, 6.45) is 4.62. The zero-order valence-corrected chi connectivity index (χ0v) is 10.3.